The van der Waals surface area contributed by atoms with E-state index in [0.29, 0.717) is 10.6 Å². The number of amides is 2. The van der Waals surface area contributed by atoms with E-state index in [4.69, 9.17) is 5.73 Å². The van der Waals surface area contributed by atoms with Gasteiger partial charge in [-0.3, -0.25) is 19.3 Å². The number of fused-ring (bicyclic) bond motifs is 2. The Labute approximate surface area is 173 Å². The van der Waals surface area contributed by atoms with E-state index in [9.17, 15) is 22.8 Å². The SMILES string of the molecule is CN(C(=O)Cn1nc(C(F)(F)F)c2cnccc21)c1sc2c(c1C(N)=O)CCCC2. The first-order valence-corrected chi connectivity index (χ1v) is 10.1. The number of likely N-dealkylation sites (N-methyl/N-ethyl adjacent to an activating group) is 1. The summed E-state index contributed by atoms with van der Waals surface area (Å²) in [5, 5.41) is 3.86. The van der Waals surface area contributed by atoms with Gasteiger partial charge in [-0.2, -0.15) is 18.3 Å². The third-order valence-corrected chi connectivity index (χ3v) is 6.55. The molecule has 2 amide bonds. The van der Waals surface area contributed by atoms with Crippen molar-refractivity contribution in [2.75, 3.05) is 11.9 Å². The van der Waals surface area contributed by atoms with E-state index in [1.165, 1.54) is 35.5 Å². The number of carbonyl (C=O) groups excluding carboxylic acids is 2. The second-order valence-electron chi connectivity index (χ2n) is 7.10. The number of nitrogens with zero attached hydrogens (tertiary/aromatic N) is 4. The van der Waals surface area contributed by atoms with Crippen LogP contribution in [0.25, 0.3) is 10.9 Å². The maximum atomic E-state index is 13.3. The van der Waals surface area contributed by atoms with Gasteiger partial charge in [0.2, 0.25) is 5.91 Å². The molecule has 0 radical (unpaired) electrons. The molecule has 1 aliphatic rings. The summed E-state index contributed by atoms with van der Waals surface area (Å²) in [5.74, 6) is -1.12. The Hall–Kier alpha value is -2.95. The van der Waals surface area contributed by atoms with E-state index in [2.05, 4.69) is 10.1 Å². The Balaban J connectivity index is 1.69. The number of carbonyl (C=O) groups is 2. The van der Waals surface area contributed by atoms with Crippen LogP contribution in [0.5, 0.6) is 0 Å². The van der Waals surface area contributed by atoms with Crippen LogP contribution >= 0.6 is 11.3 Å². The number of rotatable bonds is 4. The lowest BCUT2D eigenvalue weighted by molar-refractivity contribution is -0.140. The van der Waals surface area contributed by atoms with Crippen molar-refractivity contribution >= 4 is 39.1 Å². The number of nitrogens with two attached hydrogens (primary N) is 1. The van der Waals surface area contributed by atoms with Gasteiger partial charge in [0.05, 0.1) is 16.5 Å². The van der Waals surface area contributed by atoms with Gasteiger partial charge in [0.15, 0.2) is 5.69 Å². The molecule has 2 N–H and O–H groups in total. The normalized spacial score (nSPS) is 14.0. The molecule has 0 bridgehead atoms. The van der Waals surface area contributed by atoms with E-state index >= 15 is 0 Å². The summed E-state index contributed by atoms with van der Waals surface area (Å²) < 4.78 is 41.0. The number of aryl methyl sites for hydroxylation is 1. The predicted molar refractivity (Wildman–Crippen MR) is 105 cm³/mol. The van der Waals surface area contributed by atoms with Crippen molar-refractivity contribution in [1.82, 2.24) is 14.8 Å². The minimum absolute atomic E-state index is 0.152. The highest BCUT2D eigenvalue weighted by atomic mass is 32.1. The zero-order valence-corrected chi connectivity index (χ0v) is 16.8. The quantitative estimate of drug-likeness (QED) is 0.679. The van der Waals surface area contributed by atoms with Gasteiger partial charge in [-0.25, -0.2) is 0 Å². The van der Waals surface area contributed by atoms with Crippen LogP contribution in [0, 0.1) is 0 Å². The molecule has 7 nitrogen and oxygen atoms in total. The van der Waals surface area contributed by atoms with Gasteiger partial charge >= 0.3 is 6.18 Å². The second-order valence-corrected chi connectivity index (χ2v) is 8.19. The lowest BCUT2D eigenvalue weighted by Gasteiger charge is -2.17. The van der Waals surface area contributed by atoms with Gasteiger partial charge in [-0.1, -0.05) is 0 Å². The summed E-state index contributed by atoms with van der Waals surface area (Å²) in [6.07, 6.45) is 1.21. The molecule has 0 fully saturated rings. The molecular formula is C19H18F3N5O2S. The summed E-state index contributed by atoms with van der Waals surface area (Å²) in [6.45, 7) is -0.423. The van der Waals surface area contributed by atoms with Crippen molar-refractivity contribution in [3.63, 3.8) is 0 Å². The van der Waals surface area contributed by atoms with Crippen molar-refractivity contribution in [3.05, 3.63) is 40.2 Å². The van der Waals surface area contributed by atoms with Crippen LogP contribution in [-0.2, 0) is 30.4 Å². The van der Waals surface area contributed by atoms with Gasteiger partial charge in [-0.05, 0) is 37.3 Å². The van der Waals surface area contributed by atoms with Gasteiger partial charge in [0.25, 0.3) is 5.91 Å². The Morgan fingerprint density at radius 3 is 2.73 bits per heavy atom. The second kappa shape index (κ2) is 7.38. The minimum atomic E-state index is -4.67. The number of hydrogen-bond donors (Lipinski definition) is 1. The number of aromatic nitrogens is 3. The van der Waals surface area contributed by atoms with E-state index in [0.717, 1.165) is 47.0 Å². The Morgan fingerprint density at radius 2 is 2.03 bits per heavy atom. The zero-order chi connectivity index (χ0) is 21.6. The number of hydrogen-bond acceptors (Lipinski definition) is 5. The molecule has 3 aromatic heterocycles. The molecule has 4 rings (SSSR count). The fraction of sp³-hybridized carbons (Fsp3) is 0.368. The molecule has 0 saturated carbocycles. The van der Waals surface area contributed by atoms with Gasteiger partial charge in [0.1, 0.15) is 11.5 Å². The standard InChI is InChI=1S/C19H18F3N5O2S/c1-26(18-15(17(23)29)10-4-2-3-5-13(10)30-18)14(28)9-27-12-6-7-24-8-11(12)16(25-27)19(20,21)22/h6-8H,2-5,9H2,1H3,(H2,23,29). The van der Waals surface area contributed by atoms with Crippen LogP contribution in [0.3, 0.4) is 0 Å². The van der Waals surface area contributed by atoms with Crippen LogP contribution in [0.4, 0.5) is 18.2 Å². The van der Waals surface area contributed by atoms with Crippen LogP contribution < -0.4 is 10.6 Å². The molecule has 0 aromatic carbocycles. The van der Waals surface area contributed by atoms with Crippen LogP contribution in [0.15, 0.2) is 18.5 Å². The maximum absolute atomic E-state index is 13.3. The first-order chi connectivity index (χ1) is 14.2. The van der Waals surface area contributed by atoms with Gasteiger partial charge < -0.3 is 10.6 Å². The van der Waals surface area contributed by atoms with Crippen molar-refractivity contribution in [2.45, 2.75) is 38.4 Å². The molecule has 0 unspecified atom stereocenters. The Bertz CT molecular complexity index is 1150. The minimum Gasteiger partial charge on any atom is -0.365 e. The molecular weight excluding hydrogens is 419 g/mol. The molecule has 0 atom stereocenters. The van der Waals surface area contributed by atoms with Gasteiger partial charge in [-0.15, -0.1) is 11.3 Å². The van der Waals surface area contributed by atoms with E-state index in [1.807, 2.05) is 0 Å². The Morgan fingerprint density at radius 1 is 1.30 bits per heavy atom. The largest absolute Gasteiger partial charge is 0.435 e. The molecule has 11 heteroatoms. The topological polar surface area (TPSA) is 94.1 Å². The third kappa shape index (κ3) is 3.42. The van der Waals surface area contributed by atoms with Gasteiger partial charge in [0, 0.05) is 24.3 Å². The van der Waals surface area contributed by atoms with Crippen molar-refractivity contribution in [3.8, 4) is 0 Å². The summed E-state index contributed by atoms with van der Waals surface area (Å²) in [5.41, 5.74) is 5.85. The maximum Gasteiger partial charge on any atom is 0.435 e. The molecule has 158 valence electrons. The van der Waals surface area contributed by atoms with E-state index in [1.54, 1.807) is 0 Å². The molecule has 3 aromatic rings. The highest BCUT2D eigenvalue weighted by Crippen LogP contribution is 2.40. The third-order valence-electron chi connectivity index (χ3n) is 5.18. The summed E-state index contributed by atoms with van der Waals surface area (Å²) in [7, 11) is 1.49. The summed E-state index contributed by atoms with van der Waals surface area (Å²) in [6, 6.07) is 1.38. The highest BCUT2D eigenvalue weighted by molar-refractivity contribution is 7.17. The molecule has 0 aliphatic heterocycles. The van der Waals surface area contributed by atoms with Crippen LogP contribution in [0.1, 0.15) is 39.3 Å². The molecule has 0 spiro atoms. The number of halogens is 3. The van der Waals surface area contributed by atoms with Crippen molar-refractivity contribution < 1.29 is 22.8 Å². The molecule has 3 heterocycles. The van der Waals surface area contributed by atoms with E-state index in [-0.39, 0.29) is 10.9 Å². The number of alkyl halides is 3. The van der Waals surface area contributed by atoms with E-state index < -0.39 is 30.2 Å². The number of anilines is 1. The monoisotopic (exact) mass is 437 g/mol. The average molecular weight is 437 g/mol. The Kier molecular flexibility index (Phi) is 5.00. The summed E-state index contributed by atoms with van der Waals surface area (Å²) in [4.78, 5) is 31.0. The fourth-order valence-electron chi connectivity index (χ4n) is 3.74. The summed E-state index contributed by atoms with van der Waals surface area (Å²) >= 11 is 1.33. The lowest BCUT2D eigenvalue weighted by atomic mass is 9.95. The smallest absolute Gasteiger partial charge is 0.365 e. The van der Waals surface area contributed by atoms with Crippen molar-refractivity contribution in [2.24, 2.45) is 5.73 Å². The predicted octanol–water partition coefficient (Wildman–Crippen LogP) is 3.15. The first-order valence-electron chi connectivity index (χ1n) is 9.27. The number of pyridine rings is 1. The number of thiophene rings is 1. The fourth-order valence-corrected chi connectivity index (χ4v) is 5.11. The van der Waals surface area contributed by atoms with Crippen molar-refractivity contribution in [1.29, 1.82) is 0 Å². The van der Waals surface area contributed by atoms with Crippen LogP contribution in [0.2, 0.25) is 0 Å². The molecule has 0 saturated heterocycles. The zero-order valence-electron chi connectivity index (χ0n) is 16.0. The molecule has 1 aliphatic carbocycles. The molecule has 30 heavy (non-hydrogen) atoms. The average Bonchev–Trinajstić information content (AvgIpc) is 3.26. The lowest BCUT2D eigenvalue weighted by Crippen LogP contribution is -2.31. The number of primary amides is 1. The highest BCUT2D eigenvalue weighted by Gasteiger charge is 2.37. The van der Waals surface area contributed by atoms with Crippen LogP contribution in [-0.4, -0.2) is 33.6 Å². The first kappa shape index (κ1) is 20.3.